The lowest BCUT2D eigenvalue weighted by atomic mass is 10.2. The zero-order chi connectivity index (χ0) is 14.2. The number of anilines is 2. The van der Waals surface area contributed by atoms with Gasteiger partial charge in [0.05, 0.1) is 12.4 Å². The summed E-state index contributed by atoms with van der Waals surface area (Å²) in [6.07, 6.45) is 7.33. The molecule has 0 unspecified atom stereocenters. The van der Waals surface area contributed by atoms with Crippen LogP contribution < -0.4 is 10.2 Å². The third-order valence-corrected chi connectivity index (χ3v) is 3.00. The third-order valence-electron chi connectivity index (χ3n) is 3.00. The molecule has 0 saturated heterocycles. The van der Waals surface area contributed by atoms with Crippen molar-refractivity contribution in [2.45, 2.75) is 19.8 Å². The van der Waals surface area contributed by atoms with E-state index in [1.807, 2.05) is 31.4 Å². The summed E-state index contributed by atoms with van der Waals surface area (Å²) < 4.78 is 0. The van der Waals surface area contributed by atoms with E-state index in [0.29, 0.717) is 0 Å². The summed E-state index contributed by atoms with van der Waals surface area (Å²) in [7, 11) is 2.02. The molecule has 0 radical (unpaired) electrons. The molecule has 0 saturated carbocycles. The molecule has 2 rings (SSSR count). The topological polar surface area (TPSA) is 53.9 Å². The molecule has 0 aromatic carbocycles. The molecule has 2 aromatic rings. The Labute approximate surface area is 120 Å². The average Bonchev–Trinajstić information content (AvgIpc) is 2.52. The Morgan fingerprint density at radius 1 is 1.25 bits per heavy atom. The van der Waals surface area contributed by atoms with Gasteiger partial charge in [-0.2, -0.15) is 0 Å². The van der Waals surface area contributed by atoms with Crippen LogP contribution in [-0.4, -0.2) is 35.1 Å². The summed E-state index contributed by atoms with van der Waals surface area (Å²) >= 11 is 0. The molecule has 106 valence electrons. The third kappa shape index (κ3) is 4.19. The fourth-order valence-electron chi connectivity index (χ4n) is 1.82. The van der Waals surface area contributed by atoms with Crippen molar-refractivity contribution in [3.63, 3.8) is 0 Å². The first-order chi connectivity index (χ1) is 9.79. The van der Waals surface area contributed by atoms with Gasteiger partial charge < -0.3 is 10.2 Å². The van der Waals surface area contributed by atoms with E-state index in [1.54, 1.807) is 12.4 Å². The van der Waals surface area contributed by atoms with Crippen molar-refractivity contribution in [1.82, 2.24) is 15.0 Å². The lowest BCUT2D eigenvalue weighted by molar-refractivity contribution is 0.834. The highest BCUT2D eigenvalue weighted by molar-refractivity contribution is 5.43. The van der Waals surface area contributed by atoms with Gasteiger partial charge in [0.25, 0.3) is 0 Å². The Kier molecular flexibility index (Phi) is 5.29. The molecule has 0 fully saturated rings. The molecular weight excluding hydrogens is 250 g/mol. The van der Waals surface area contributed by atoms with E-state index in [2.05, 4.69) is 32.1 Å². The van der Waals surface area contributed by atoms with Gasteiger partial charge in [-0.25, -0.2) is 4.98 Å². The highest BCUT2D eigenvalue weighted by Crippen LogP contribution is 2.11. The predicted octanol–water partition coefficient (Wildman–Crippen LogP) is 2.37. The maximum absolute atomic E-state index is 4.55. The Hall–Kier alpha value is -2.17. The van der Waals surface area contributed by atoms with Gasteiger partial charge in [-0.1, -0.05) is 13.0 Å². The van der Waals surface area contributed by atoms with Crippen LogP contribution in [0.2, 0.25) is 0 Å². The molecular formula is C15H21N5. The van der Waals surface area contributed by atoms with E-state index in [0.717, 1.165) is 43.3 Å². The number of nitrogens with one attached hydrogen (secondary N) is 1. The lowest BCUT2D eigenvalue weighted by Crippen LogP contribution is -2.22. The molecule has 5 heteroatoms. The molecule has 0 spiro atoms. The van der Waals surface area contributed by atoms with Gasteiger partial charge in [-0.15, -0.1) is 0 Å². The SMILES string of the molecule is CCCNc1cncc(N(C)CCc2ccccn2)n1. The molecule has 20 heavy (non-hydrogen) atoms. The standard InChI is InChI=1S/C15H21N5/c1-3-8-18-14-11-16-12-15(19-14)20(2)10-7-13-6-4-5-9-17-13/h4-6,9,11-12H,3,7-8,10H2,1-2H3,(H,18,19). The van der Waals surface area contributed by atoms with Crippen LogP contribution in [0.25, 0.3) is 0 Å². The van der Waals surface area contributed by atoms with Gasteiger partial charge in [-0.3, -0.25) is 9.97 Å². The molecule has 0 aliphatic carbocycles. The number of hydrogen-bond acceptors (Lipinski definition) is 5. The van der Waals surface area contributed by atoms with Crippen molar-refractivity contribution < 1.29 is 0 Å². The zero-order valence-corrected chi connectivity index (χ0v) is 12.1. The van der Waals surface area contributed by atoms with Crippen molar-refractivity contribution in [2.24, 2.45) is 0 Å². The summed E-state index contributed by atoms with van der Waals surface area (Å²) in [6.45, 7) is 3.90. The van der Waals surface area contributed by atoms with Gasteiger partial charge in [0, 0.05) is 38.4 Å². The normalized spacial score (nSPS) is 10.3. The molecule has 5 nitrogen and oxygen atoms in total. The Balaban J connectivity index is 1.93. The fraction of sp³-hybridized carbons (Fsp3) is 0.400. The molecule has 2 heterocycles. The molecule has 0 aliphatic rings. The highest BCUT2D eigenvalue weighted by Gasteiger charge is 2.05. The monoisotopic (exact) mass is 271 g/mol. The Morgan fingerprint density at radius 3 is 2.90 bits per heavy atom. The van der Waals surface area contributed by atoms with Crippen LogP contribution in [0.4, 0.5) is 11.6 Å². The Morgan fingerprint density at radius 2 is 2.15 bits per heavy atom. The molecule has 2 aromatic heterocycles. The van der Waals surface area contributed by atoms with Crippen molar-refractivity contribution >= 4 is 11.6 Å². The number of aromatic nitrogens is 3. The second kappa shape index (κ2) is 7.43. The lowest BCUT2D eigenvalue weighted by Gasteiger charge is -2.18. The fourth-order valence-corrected chi connectivity index (χ4v) is 1.82. The quantitative estimate of drug-likeness (QED) is 0.838. The maximum Gasteiger partial charge on any atom is 0.149 e. The first kappa shape index (κ1) is 14.2. The van der Waals surface area contributed by atoms with E-state index in [4.69, 9.17) is 0 Å². The zero-order valence-electron chi connectivity index (χ0n) is 12.1. The summed E-state index contributed by atoms with van der Waals surface area (Å²) in [5.74, 6) is 1.70. The van der Waals surface area contributed by atoms with E-state index in [-0.39, 0.29) is 0 Å². The highest BCUT2D eigenvalue weighted by atomic mass is 15.2. The molecule has 0 atom stereocenters. The first-order valence-electron chi connectivity index (χ1n) is 6.96. The van der Waals surface area contributed by atoms with Crippen LogP contribution >= 0.6 is 0 Å². The Bertz CT molecular complexity index is 515. The van der Waals surface area contributed by atoms with Crippen LogP contribution in [0.15, 0.2) is 36.8 Å². The average molecular weight is 271 g/mol. The van der Waals surface area contributed by atoms with Crippen LogP contribution in [0.5, 0.6) is 0 Å². The predicted molar refractivity (Wildman–Crippen MR) is 82.0 cm³/mol. The minimum absolute atomic E-state index is 0.828. The summed E-state index contributed by atoms with van der Waals surface area (Å²) in [5, 5.41) is 3.25. The summed E-state index contributed by atoms with van der Waals surface area (Å²) in [5.41, 5.74) is 1.09. The number of rotatable bonds is 7. The van der Waals surface area contributed by atoms with Gasteiger partial charge >= 0.3 is 0 Å². The molecule has 0 aliphatic heterocycles. The minimum atomic E-state index is 0.828. The molecule has 0 amide bonds. The number of hydrogen-bond donors (Lipinski definition) is 1. The van der Waals surface area contributed by atoms with Crippen molar-refractivity contribution in [1.29, 1.82) is 0 Å². The van der Waals surface area contributed by atoms with Crippen LogP contribution in [-0.2, 0) is 6.42 Å². The van der Waals surface area contributed by atoms with Gasteiger partial charge in [0.2, 0.25) is 0 Å². The van der Waals surface area contributed by atoms with Crippen molar-refractivity contribution in [3.05, 3.63) is 42.5 Å². The van der Waals surface area contributed by atoms with Gasteiger partial charge in [0.1, 0.15) is 11.6 Å². The molecule has 1 N–H and O–H groups in total. The van der Waals surface area contributed by atoms with Crippen LogP contribution in [0, 0.1) is 0 Å². The molecule has 0 bridgehead atoms. The minimum Gasteiger partial charge on any atom is -0.369 e. The van der Waals surface area contributed by atoms with E-state index < -0.39 is 0 Å². The number of nitrogens with zero attached hydrogens (tertiary/aromatic N) is 4. The smallest absolute Gasteiger partial charge is 0.149 e. The van der Waals surface area contributed by atoms with E-state index >= 15 is 0 Å². The maximum atomic E-state index is 4.55. The van der Waals surface area contributed by atoms with Crippen molar-refractivity contribution in [2.75, 3.05) is 30.4 Å². The summed E-state index contributed by atoms with van der Waals surface area (Å²) in [6, 6.07) is 5.98. The summed E-state index contributed by atoms with van der Waals surface area (Å²) in [4.78, 5) is 15.2. The van der Waals surface area contributed by atoms with Gasteiger partial charge in [0.15, 0.2) is 0 Å². The van der Waals surface area contributed by atoms with Crippen LogP contribution in [0.1, 0.15) is 19.0 Å². The van der Waals surface area contributed by atoms with Crippen LogP contribution in [0.3, 0.4) is 0 Å². The van der Waals surface area contributed by atoms with Gasteiger partial charge in [-0.05, 0) is 18.6 Å². The van der Waals surface area contributed by atoms with Crippen molar-refractivity contribution in [3.8, 4) is 0 Å². The number of likely N-dealkylation sites (N-methyl/N-ethyl adjacent to an activating group) is 1. The first-order valence-corrected chi connectivity index (χ1v) is 6.96. The van der Waals surface area contributed by atoms with E-state index in [9.17, 15) is 0 Å². The van der Waals surface area contributed by atoms with E-state index in [1.165, 1.54) is 0 Å². The largest absolute Gasteiger partial charge is 0.369 e. The second-order valence-corrected chi connectivity index (χ2v) is 4.68. The number of pyridine rings is 1. The second-order valence-electron chi connectivity index (χ2n) is 4.68.